The molecule has 1 N–H and O–H groups in total. The summed E-state index contributed by atoms with van der Waals surface area (Å²) in [6.07, 6.45) is 6.62. The van der Waals surface area contributed by atoms with Gasteiger partial charge in [-0.1, -0.05) is 19.8 Å². The molecule has 1 aliphatic rings. The topological polar surface area (TPSA) is 21.3 Å². The van der Waals surface area contributed by atoms with Crippen molar-refractivity contribution in [1.29, 1.82) is 0 Å². The Hall–Kier alpha value is -0.0800. The molecule has 1 fully saturated rings. The molecule has 2 nitrogen and oxygen atoms in total. The lowest BCUT2D eigenvalue weighted by molar-refractivity contribution is 0.132. The van der Waals surface area contributed by atoms with Gasteiger partial charge >= 0.3 is 0 Å². The van der Waals surface area contributed by atoms with Gasteiger partial charge in [-0.3, -0.25) is 0 Å². The van der Waals surface area contributed by atoms with Crippen molar-refractivity contribution in [2.75, 3.05) is 26.3 Å². The Bertz CT molecular complexity index is 113. The average Bonchev–Trinajstić information content (AvgIpc) is 2.93. The van der Waals surface area contributed by atoms with Gasteiger partial charge in [0.05, 0.1) is 0 Å². The lowest BCUT2D eigenvalue weighted by atomic mass is 10.3. The number of ether oxygens (including phenoxy) is 1. The predicted octanol–water partition coefficient (Wildman–Crippen LogP) is 2.19. The second-order valence-corrected chi connectivity index (χ2v) is 3.95. The molecule has 0 aromatic rings. The van der Waals surface area contributed by atoms with E-state index in [9.17, 15) is 0 Å². The molecule has 0 heterocycles. The summed E-state index contributed by atoms with van der Waals surface area (Å²) in [6.45, 7) is 6.31. The highest BCUT2D eigenvalue weighted by atomic mass is 16.5. The molecule has 0 amide bonds. The molecule has 1 aliphatic carbocycles. The molecule has 1 rings (SSSR count). The van der Waals surface area contributed by atoms with Gasteiger partial charge in [0.25, 0.3) is 0 Å². The molecule has 0 aliphatic heterocycles. The van der Waals surface area contributed by atoms with Gasteiger partial charge in [-0.15, -0.1) is 0 Å². The van der Waals surface area contributed by atoms with E-state index in [-0.39, 0.29) is 0 Å². The van der Waals surface area contributed by atoms with Crippen LogP contribution in [-0.4, -0.2) is 26.3 Å². The largest absolute Gasteiger partial charge is 0.381 e. The fourth-order valence-corrected chi connectivity index (χ4v) is 1.38. The molecular weight excluding hydrogens is 162 g/mol. The Balaban J connectivity index is 1.63. The maximum atomic E-state index is 5.38. The number of hydrogen-bond acceptors (Lipinski definition) is 2. The van der Waals surface area contributed by atoms with Crippen LogP contribution in [0.4, 0.5) is 0 Å². The van der Waals surface area contributed by atoms with Gasteiger partial charge in [0.2, 0.25) is 0 Å². The highest BCUT2D eigenvalue weighted by Gasteiger charge is 2.19. The van der Waals surface area contributed by atoms with E-state index in [0.29, 0.717) is 0 Å². The normalized spacial score (nSPS) is 16.4. The Morgan fingerprint density at radius 1 is 1.23 bits per heavy atom. The second kappa shape index (κ2) is 7.34. The molecule has 0 saturated heterocycles. The lowest BCUT2D eigenvalue weighted by Gasteiger charge is -2.04. The smallest absolute Gasteiger partial charge is 0.0478 e. The third-order valence-electron chi connectivity index (χ3n) is 2.42. The van der Waals surface area contributed by atoms with Crippen molar-refractivity contribution in [3.05, 3.63) is 0 Å². The summed E-state index contributed by atoms with van der Waals surface area (Å²) in [6, 6.07) is 0. The minimum Gasteiger partial charge on any atom is -0.381 e. The first-order valence-electron chi connectivity index (χ1n) is 5.72. The molecule has 0 bridgehead atoms. The quantitative estimate of drug-likeness (QED) is 0.556. The molecule has 0 unspecified atom stereocenters. The molecule has 0 spiro atoms. The molecule has 13 heavy (non-hydrogen) atoms. The van der Waals surface area contributed by atoms with Gasteiger partial charge in [0.1, 0.15) is 0 Å². The van der Waals surface area contributed by atoms with Gasteiger partial charge in [-0.2, -0.15) is 0 Å². The van der Waals surface area contributed by atoms with Crippen LogP contribution in [0.15, 0.2) is 0 Å². The lowest BCUT2D eigenvalue weighted by Crippen LogP contribution is -2.18. The van der Waals surface area contributed by atoms with Crippen molar-refractivity contribution >= 4 is 0 Å². The average molecular weight is 185 g/mol. The van der Waals surface area contributed by atoms with Crippen LogP contribution in [0.3, 0.4) is 0 Å². The van der Waals surface area contributed by atoms with E-state index >= 15 is 0 Å². The minimum absolute atomic E-state index is 0.919. The van der Waals surface area contributed by atoms with E-state index in [4.69, 9.17) is 4.74 Å². The standard InChI is InChI=1S/C11H23NO/c1-2-9-13-10-3-7-12-8-6-11-4-5-11/h11-12H,2-10H2,1H3. The molecule has 0 atom stereocenters. The Labute approximate surface area is 82.0 Å². The van der Waals surface area contributed by atoms with E-state index in [1.807, 2.05) is 0 Å². The van der Waals surface area contributed by atoms with Crippen molar-refractivity contribution in [1.82, 2.24) is 5.32 Å². The summed E-state index contributed by atoms with van der Waals surface area (Å²) in [5.74, 6) is 1.06. The monoisotopic (exact) mass is 185 g/mol. The van der Waals surface area contributed by atoms with E-state index in [1.54, 1.807) is 0 Å². The zero-order chi connectivity index (χ0) is 9.36. The third kappa shape index (κ3) is 7.03. The van der Waals surface area contributed by atoms with Gasteiger partial charge in [-0.25, -0.2) is 0 Å². The summed E-state index contributed by atoms with van der Waals surface area (Å²) >= 11 is 0. The molecule has 0 aromatic heterocycles. The second-order valence-electron chi connectivity index (χ2n) is 3.95. The molecule has 1 saturated carbocycles. The molecule has 78 valence electrons. The molecular formula is C11H23NO. The Kier molecular flexibility index (Phi) is 6.21. The van der Waals surface area contributed by atoms with Crippen molar-refractivity contribution < 1.29 is 4.74 Å². The molecule has 0 radical (unpaired) electrons. The van der Waals surface area contributed by atoms with Crippen LogP contribution < -0.4 is 5.32 Å². The van der Waals surface area contributed by atoms with Gasteiger partial charge in [-0.05, 0) is 38.3 Å². The van der Waals surface area contributed by atoms with Gasteiger partial charge in [0.15, 0.2) is 0 Å². The Morgan fingerprint density at radius 3 is 2.77 bits per heavy atom. The zero-order valence-electron chi connectivity index (χ0n) is 8.85. The van der Waals surface area contributed by atoms with Crippen LogP contribution in [-0.2, 0) is 4.74 Å². The van der Waals surface area contributed by atoms with E-state index in [2.05, 4.69) is 12.2 Å². The van der Waals surface area contributed by atoms with Crippen LogP contribution >= 0.6 is 0 Å². The summed E-state index contributed by atoms with van der Waals surface area (Å²) in [5.41, 5.74) is 0. The fourth-order valence-electron chi connectivity index (χ4n) is 1.38. The first kappa shape index (κ1) is 11.0. The van der Waals surface area contributed by atoms with E-state index in [1.165, 1.54) is 25.8 Å². The van der Waals surface area contributed by atoms with E-state index in [0.717, 1.165) is 38.5 Å². The van der Waals surface area contributed by atoms with Crippen molar-refractivity contribution in [3.63, 3.8) is 0 Å². The highest BCUT2D eigenvalue weighted by molar-refractivity contribution is 4.73. The number of hydrogen-bond donors (Lipinski definition) is 1. The number of rotatable bonds is 9. The maximum absolute atomic E-state index is 5.38. The van der Waals surface area contributed by atoms with Crippen molar-refractivity contribution in [3.8, 4) is 0 Å². The molecule has 2 heteroatoms. The number of nitrogens with one attached hydrogen (secondary N) is 1. The van der Waals surface area contributed by atoms with Crippen LogP contribution in [0.5, 0.6) is 0 Å². The van der Waals surface area contributed by atoms with Crippen LogP contribution in [0.25, 0.3) is 0 Å². The minimum atomic E-state index is 0.919. The van der Waals surface area contributed by atoms with E-state index < -0.39 is 0 Å². The summed E-state index contributed by atoms with van der Waals surface area (Å²) in [4.78, 5) is 0. The van der Waals surface area contributed by atoms with Crippen LogP contribution in [0.1, 0.15) is 39.0 Å². The Morgan fingerprint density at radius 2 is 2.08 bits per heavy atom. The SMILES string of the molecule is CCCOCCCNCCC1CC1. The van der Waals surface area contributed by atoms with Crippen molar-refractivity contribution in [2.45, 2.75) is 39.0 Å². The van der Waals surface area contributed by atoms with Gasteiger partial charge in [0, 0.05) is 13.2 Å². The predicted molar refractivity (Wildman–Crippen MR) is 55.9 cm³/mol. The summed E-state index contributed by atoms with van der Waals surface area (Å²) < 4.78 is 5.38. The van der Waals surface area contributed by atoms with Gasteiger partial charge < -0.3 is 10.1 Å². The summed E-state index contributed by atoms with van der Waals surface area (Å²) in [5, 5.41) is 3.45. The summed E-state index contributed by atoms with van der Waals surface area (Å²) in [7, 11) is 0. The maximum Gasteiger partial charge on any atom is 0.0478 e. The highest BCUT2D eigenvalue weighted by Crippen LogP contribution is 2.31. The third-order valence-corrected chi connectivity index (χ3v) is 2.42. The first-order chi connectivity index (χ1) is 6.43. The van der Waals surface area contributed by atoms with Crippen molar-refractivity contribution in [2.24, 2.45) is 5.92 Å². The zero-order valence-corrected chi connectivity index (χ0v) is 8.85. The molecule has 0 aromatic carbocycles. The van der Waals surface area contributed by atoms with Crippen LogP contribution in [0, 0.1) is 5.92 Å². The fraction of sp³-hybridized carbons (Fsp3) is 1.00. The van der Waals surface area contributed by atoms with Crippen LogP contribution in [0.2, 0.25) is 0 Å². The first-order valence-corrected chi connectivity index (χ1v) is 5.72.